The molecule has 0 saturated heterocycles. The van der Waals surface area contributed by atoms with Gasteiger partial charge in [0.25, 0.3) is 0 Å². The van der Waals surface area contributed by atoms with E-state index in [0.717, 1.165) is 108 Å². The van der Waals surface area contributed by atoms with E-state index >= 15 is 0 Å². The van der Waals surface area contributed by atoms with E-state index in [1.165, 1.54) is 180 Å². The molecule has 92 heavy (non-hydrogen) atoms. The Morgan fingerprint density at radius 2 is 0.500 bits per heavy atom. The molecule has 0 aromatic heterocycles. The molecule has 0 aliphatic rings. The first kappa shape index (κ1) is 90.1. The lowest BCUT2D eigenvalue weighted by atomic mass is 10.0. The summed E-state index contributed by atoms with van der Waals surface area (Å²) in [4.78, 5) is 72.6. The molecule has 0 spiro atoms. The third-order valence-electron chi connectivity index (χ3n) is 16.9. The summed E-state index contributed by atoms with van der Waals surface area (Å²) in [5.41, 5.74) is 0. The Hall–Kier alpha value is -1.94. The van der Waals surface area contributed by atoms with Gasteiger partial charge >= 0.3 is 39.5 Å². The minimum atomic E-state index is -4.95. The second-order valence-corrected chi connectivity index (χ2v) is 30.7. The monoisotopic (exact) mass is 1350 g/mol. The number of phosphoric acid groups is 2. The Bertz CT molecular complexity index is 1800. The Balaban J connectivity index is 5.23. The summed E-state index contributed by atoms with van der Waals surface area (Å²) in [5, 5.41) is 10.6. The number of carbonyl (C=O) groups is 4. The lowest BCUT2D eigenvalue weighted by molar-refractivity contribution is -0.161. The first-order chi connectivity index (χ1) is 44.2. The van der Waals surface area contributed by atoms with Gasteiger partial charge in [-0.25, -0.2) is 9.13 Å². The van der Waals surface area contributed by atoms with Crippen LogP contribution in [0.5, 0.6) is 0 Å². The molecule has 3 N–H and O–H groups in total. The number of phosphoric ester groups is 2. The predicted molar refractivity (Wildman–Crippen MR) is 372 cm³/mol. The molecule has 546 valence electrons. The van der Waals surface area contributed by atoms with Crippen LogP contribution in [-0.2, 0) is 65.4 Å². The summed E-state index contributed by atoms with van der Waals surface area (Å²) in [7, 11) is -9.90. The van der Waals surface area contributed by atoms with Crippen molar-refractivity contribution in [2.45, 2.75) is 388 Å². The largest absolute Gasteiger partial charge is 0.472 e. The smallest absolute Gasteiger partial charge is 0.462 e. The van der Waals surface area contributed by atoms with Crippen molar-refractivity contribution in [1.82, 2.24) is 0 Å². The quantitative estimate of drug-likeness (QED) is 0.0222. The molecule has 0 bridgehead atoms. The van der Waals surface area contributed by atoms with Gasteiger partial charge in [0.05, 0.1) is 26.4 Å². The maximum absolute atomic E-state index is 13.1. The lowest BCUT2D eigenvalue weighted by Crippen LogP contribution is -2.30. The van der Waals surface area contributed by atoms with E-state index in [1.54, 1.807) is 0 Å². The fourth-order valence-electron chi connectivity index (χ4n) is 11.1. The minimum absolute atomic E-state index is 0.105. The van der Waals surface area contributed by atoms with Gasteiger partial charge in [0.15, 0.2) is 12.2 Å². The van der Waals surface area contributed by atoms with Crippen LogP contribution in [0.4, 0.5) is 0 Å². The molecule has 19 heteroatoms. The average Bonchev–Trinajstić information content (AvgIpc) is 2.58. The topological polar surface area (TPSA) is 237 Å². The van der Waals surface area contributed by atoms with Gasteiger partial charge in [-0.15, -0.1) is 0 Å². The normalized spacial score (nSPS) is 14.1. The Labute approximate surface area is 562 Å². The van der Waals surface area contributed by atoms with Crippen molar-refractivity contribution >= 4 is 39.5 Å². The number of hydrogen-bond donors (Lipinski definition) is 3. The number of hydrogen-bond acceptors (Lipinski definition) is 15. The molecule has 2 unspecified atom stereocenters. The minimum Gasteiger partial charge on any atom is -0.462 e. The van der Waals surface area contributed by atoms with Gasteiger partial charge < -0.3 is 33.8 Å². The zero-order valence-electron chi connectivity index (χ0n) is 60.0. The van der Waals surface area contributed by atoms with E-state index in [9.17, 15) is 43.2 Å². The van der Waals surface area contributed by atoms with Crippen LogP contribution in [0.15, 0.2) is 0 Å². The number of aliphatic hydroxyl groups excluding tert-OH is 1. The second kappa shape index (κ2) is 63.8. The van der Waals surface area contributed by atoms with E-state index in [2.05, 4.69) is 48.5 Å². The van der Waals surface area contributed by atoms with Crippen molar-refractivity contribution in [1.29, 1.82) is 0 Å². The zero-order chi connectivity index (χ0) is 68.0. The molecule has 0 heterocycles. The first-order valence-corrected chi connectivity index (χ1v) is 40.8. The van der Waals surface area contributed by atoms with Crippen LogP contribution in [0.25, 0.3) is 0 Å². The zero-order valence-corrected chi connectivity index (χ0v) is 61.8. The Morgan fingerprint density at radius 1 is 0.293 bits per heavy atom. The summed E-state index contributed by atoms with van der Waals surface area (Å²) < 4.78 is 68.4. The van der Waals surface area contributed by atoms with Crippen molar-refractivity contribution in [3.8, 4) is 0 Å². The predicted octanol–water partition coefficient (Wildman–Crippen LogP) is 21.0. The van der Waals surface area contributed by atoms with Crippen molar-refractivity contribution in [2.24, 2.45) is 17.8 Å². The molecule has 5 atom stereocenters. The molecule has 0 aromatic carbocycles. The molecule has 17 nitrogen and oxygen atoms in total. The van der Waals surface area contributed by atoms with Gasteiger partial charge in [-0.3, -0.25) is 37.3 Å². The number of rotatable bonds is 71. The van der Waals surface area contributed by atoms with E-state index in [0.29, 0.717) is 25.7 Å². The van der Waals surface area contributed by atoms with Crippen molar-refractivity contribution < 1.29 is 80.2 Å². The van der Waals surface area contributed by atoms with Crippen LogP contribution in [0.1, 0.15) is 370 Å². The van der Waals surface area contributed by atoms with Gasteiger partial charge in [0.2, 0.25) is 0 Å². The number of ether oxygens (including phenoxy) is 4. The Kier molecular flexibility index (Phi) is 62.4. The number of unbranched alkanes of at least 4 members (excludes halogenated alkanes) is 39. The van der Waals surface area contributed by atoms with E-state index in [-0.39, 0.29) is 25.7 Å². The highest BCUT2D eigenvalue weighted by Crippen LogP contribution is 2.45. The Morgan fingerprint density at radius 3 is 0.739 bits per heavy atom. The summed E-state index contributed by atoms with van der Waals surface area (Å²) in [6.45, 7) is 11.9. The summed E-state index contributed by atoms with van der Waals surface area (Å²) in [5.74, 6) is 0.175. The summed E-state index contributed by atoms with van der Waals surface area (Å²) in [6.07, 6.45) is 48.6. The number of esters is 4. The van der Waals surface area contributed by atoms with E-state index in [1.807, 2.05) is 0 Å². The van der Waals surface area contributed by atoms with E-state index in [4.69, 9.17) is 37.0 Å². The molecule has 0 fully saturated rings. The number of aliphatic hydroxyl groups is 1. The lowest BCUT2D eigenvalue weighted by Gasteiger charge is -2.21. The van der Waals surface area contributed by atoms with Crippen LogP contribution in [-0.4, -0.2) is 96.7 Å². The standard InChI is InChI=1S/C73H142O17P2/c1-8-9-10-11-12-23-33-40-47-54-70(75)83-60-68(90-73(78)57-50-43-36-29-22-26-32-39-46-53-66(6)7)62-87-91(79,80)85-58-67(74)59-86-92(81,82)88-63-69(61-84-71(76)55-48-41-34-27-21-20-25-31-38-45-52-65(4)5)89-72(77)56-49-42-35-28-19-17-15-13-14-16-18-24-30-37-44-51-64(2)3/h64-69,74H,8-63H2,1-7H3,(H,79,80)(H,81,82)/t67-,68+,69+/m0/s1. The molecule has 0 radical (unpaired) electrons. The molecule has 0 saturated carbocycles. The summed E-state index contributed by atoms with van der Waals surface area (Å²) >= 11 is 0. The van der Waals surface area contributed by atoms with Gasteiger partial charge in [-0.1, -0.05) is 318 Å². The highest BCUT2D eigenvalue weighted by molar-refractivity contribution is 7.47. The van der Waals surface area contributed by atoms with Crippen LogP contribution in [0.3, 0.4) is 0 Å². The van der Waals surface area contributed by atoms with Gasteiger partial charge in [0.1, 0.15) is 19.3 Å². The van der Waals surface area contributed by atoms with Crippen molar-refractivity contribution in [2.75, 3.05) is 39.6 Å². The molecule has 0 aliphatic carbocycles. The SMILES string of the molecule is CCCCCCCCCCCC(=O)OC[C@H](COP(=O)(O)OC[C@H](O)COP(=O)(O)OC[C@@H](COC(=O)CCCCCCCCCCCCC(C)C)OC(=O)CCCCCCCCCCCCCCCCCC(C)C)OC(=O)CCCCCCCCCCCC(C)C. The van der Waals surface area contributed by atoms with Crippen LogP contribution in [0, 0.1) is 17.8 Å². The van der Waals surface area contributed by atoms with Crippen LogP contribution in [0.2, 0.25) is 0 Å². The maximum atomic E-state index is 13.1. The highest BCUT2D eigenvalue weighted by atomic mass is 31.2. The van der Waals surface area contributed by atoms with Gasteiger partial charge in [0, 0.05) is 25.7 Å². The molecule has 0 aliphatic heterocycles. The highest BCUT2D eigenvalue weighted by Gasteiger charge is 2.30. The van der Waals surface area contributed by atoms with Crippen molar-refractivity contribution in [3.05, 3.63) is 0 Å². The fourth-order valence-corrected chi connectivity index (χ4v) is 12.7. The number of carbonyl (C=O) groups excluding carboxylic acids is 4. The third-order valence-corrected chi connectivity index (χ3v) is 18.8. The third kappa shape index (κ3) is 66.7. The van der Waals surface area contributed by atoms with Gasteiger partial charge in [-0.05, 0) is 43.4 Å². The molecule has 0 aromatic rings. The molecular weight excluding hydrogens is 1210 g/mol. The van der Waals surface area contributed by atoms with Crippen molar-refractivity contribution in [3.63, 3.8) is 0 Å². The molecular formula is C73H142O17P2. The first-order valence-electron chi connectivity index (χ1n) is 37.8. The maximum Gasteiger partial charge on any atom is 0.472 e. The fraction of sp³-hybridized carbons (Fsp3) is 0.945. The molecule has 0 amide bonds. The molecule has 0 rings (SSSR count). The average molecular weight is 1350 g/mol. The summed E-state index contributed by atoms with van der Waals surface area (Å²) in [6, 6.07) is 0. The van der Waals surface area contributed by atoms with Gasteiger partial charge in [-0.2, -0.15) is 0 Å². The van der Waals surface area contributed by atoms with Crippen LogP contribution < -0.4 is 0 Å². The second-order valence-electron chi connectivity index (χ2n) is 27.8. The van der Waals surface area contributed by atoms with E-state index < -0.39 is 97.5 Å². The van der Waals surface area contributed by atoms with Crippen LogP contribution >= 0.6 is 15.6 Å².